The summed E-state index contributed by atoms with van der Waals surface area (Å²) in [7, 11) is 0. The molecule has 0 radical (unpaired) electrons. The van der Waals surface area contributed by atoms with Gasteiger partial charge in [-0.25, -0.2) is 0 Å². The molecule has 1 unspecified atom stereocenters. The summed E-state index contributed by atoms with van der Waals surface area (Å²) < 4.78 is 16.9. The number of rotatable bonds is 7. The van der Waals surface area contributed by atoms with Gasteiger partial charge in [-0.15, -0.1) is 0 Å². The summed E-state index contributed by atoms with van der Waals surface area (Å²) in [5.41, 5.74) is 1.21. The van der Waals surface area contributed by atoms with Gasteiger partial charge in [0.2, 0.25) is 0 Å². The Bertz CT molecular complexity index is 402. The quantitative estimate of drug-likeness (QED) is 0.833. The van der Waals surface area contributed by atoms with Crippen molar-refractivity contribution in [3.8, 4) is 5.75 Å². The van der Waals surface area contributed by atoms with E-state index in [1.165, 1.54) is 5.56 Å². The first-order valence-electron chi connectivity index (χ1n) is 7.42. The van der Waals surface area contributed by atoms with Crippen molar-refractivity contribution in [3.63, 3.8) is 0 Å². The number of benzene rings is 1. The molecule has 0 bridgehead atoms. The average molecular weight is 279 g/mol. The summed E-state index contributed by atoms with van der Waals surface area (Å²) in [5.74, 6) is 0.911. The van der Waals surface area contributed by atoms with Gasteiger partial charge in [-0.2, -0.15) is 0 Å². The maximum absolute atomic E-state index is 5.76. The third kappa shape index (κ3) is 4.47. The second-order valence-electron chi connectivity index (χ2n) is 5.26. The van der Waals surface area contributed by atoms with Crippen molar-refractivity contribution in [1.29, 1.82) is 0 Å². The molecular weight excluding hydrogens is 254 g/mol. The van der Waals surface area contributed by atoms with Crippen LogP contribution in [0.5, 0.6) is 5.75 Å². The number of hydrogen-bond donors (Lipinski definition) is 1. The third-order valence-corrected chi connectivity index (χ3v) is 3.20. The van der Waals surface area contributed by atoms with E-state index in [0.717, 1.165) is 18.7 Å². The minimum Gasteiger partial charge on any atom is -0.491 e. The third-order valence-electron chi connectivity index (χ3n) is 3.20. The summed E-state index contributed by atoms with van der Waals surface area (Å²) in [5, 5.41) is 3.49. The molecule has 1 aliphatic rings. The first-order valence-corrected chi connectivity index (χ1v) is 7.42. The normalized spacial score (nSPS) is 17.6. The highest BCUT2D eigenvalue weighted by Crippen LogP contribution is 2.25. The molecule has 1 heterocycles. The zero-order valence-corrected chi connectivity index (χ0v) is 12.6. The van der Waals surface area contributed by atoms with Crippen LogP contribution in [0, 0.1) is 0 Å². The highest BCUT2D eigenvalue weighted by molar-refractivity contribution is 5.30. The Morgan fingerprint density at radius 2 is 2.05 bits per heavy atom. The summed E-state index contributed by atoms with van der Waals surface area (Å²) in [6, 6.07) is 8.47. The Morgan fingerprint density at radius 1 is 1.30 bits per heavy atom. The first kappa shape index (κ1) is 15.3. The van der Waals surface area contributed by atoms with E-state index in [1.54, 1.807) is 0 Å². The van der Waals surface area contributed by atoms with E-state index in [2.05, 4.69) is 24.4 Å². The van der Waals surface area contributed by atoms with Crippen LogP contribution in [0.2, 0.25) is 0 Å². The van der Waals surface area contributed by atoms with Crippen LogP contribution in [0.25, 0.3) is 0 Å². The van der Waals surface area contributed by atoms with Gasteiger partial charge in [-0.1, -0.05) is 19.1 Å². The molecule has 20 heavy (non-hydrogen) atoms. The largest absolute Gasteiger partial charge is 0.491 e. The van der Waals surface area contributed by atoms with Crippen LogP contribution in [0.1, 0.15) is 38.8 Å². The van der Waals surface area contributed by atoms with E-state index in [1.807, 2.05) is 26.0 Å². The van der Waals surface area contributed by atoms with Gasteiger partial charge in [-0.05, 0) is 38.1 Å². The van der Waals surface area contributed by atoms with Gasteiger partial charge in [0.15, 0.2) is 6.29 Å². The molecule has 0 aromatic heterocycles. The molecule has 0 spiro atoms. The zero-order valence-electron chi connectivity index (χ0n) is 12.6. The molecule has 1 aromatic rings. The van der Waals surface area contributed by atoms with Crippen LogP contribution in [-0.4, -0.2) is 32.2 Å². The second kappa shape index (κ2) is 7.62. The minimum absolute atomic E-state index is 0.103. The van der Waals surface area contributed by atoms with Gasteiger partial charge in [0.25, 0.3) is 0 Å². The van der Waals surface area contributed by atoms with E-state index in [-0.39, 0.29) is 18.4 Å². The predicted octanol–water partition coefficient (Wildman–Crippen LogP) is 2.89. The van der Waals surface area contributed by atoms with Crippen LogP contribution in [0.3, 0.4) is 0 Å². The van der Waals surface area contributed by atoms with Crippen LogP contribution in [0.4, 0.5) is 0 Å². The van der Waals surface area contributed by atoms with Gasteiger partial charge in [0.1, 0.15) is 5.75 Å². The molecule has 1 atom stereocenters. The monoisotopic (exact) mass is 279 g/mol. The summed E-state index contributed by atoms with van der Waals surface area (Å²) in [4.78, 5) is 0. The second-order valence-corrected chi connectivity index (χ2v) is 5.26. The lowest BCUT2D eigenvalue weighted by Gasteiger charge is -2.22. The molecule has 1 fully saturated rings. The van der Waals surface area contributed by atoms with Crippen LogP contribution in [0.15, 0.2) is 24.3 Å². The van der Waals surface area contributed by atoms with Crippen molar-refractivity contribution < 1.29 is 14.2 Å². The Hall–Kier alpha value is -1.10. The lowest BCUT2D eigenvalue weighted by atomic mass is 10.0. The molecule has 0 aliphatic carbocycles. The Balaban J connectivity index is 2.06. The van der Waals surface area contributed by atoms with E-state index >= 15 is 0 Å². The predicted molar refractivity (Wildman–Crippen MR) is 78.9 cm³/mol. The fourth-order valence-corrected chi connectivity index (χ4v) is 2.40. The summed E-state index contributed by atoms with van der Waals surface area (Å²) in [6.07, 6.45) is 0.900. The van der Waals surface area contributed by atoms with Crippen molar-refractivity contribution in [3.05, 3.63) is 29.8 Å². The molecular formula is C16H25NO3. The van der Waals surface area contributed by atoms with Crippen molar-refractivity contribution in [2.45, 2.75) is 45.6 Å². The van der Waals surface area contributed by atoms with Crippen LogP contribution >= 0.6 is 0 Å². The van der Waals surface area contributed by atoms with E-state index in [0.29, 0.717) is 13.2 Å². The Labute approximate surface area is 121 Å². The van der Waals surface area contributed by atoms with E-state index in [4.69, 9.17) is 14.2 Å². The number of hydrogen-bond acceptors (Lipinski definition) is 4. The Morgan fingerprint density at radius 3 is 2.70 bits per heavy atom. The van der Waals surface area contributed by atoms with Crippen molar-refractivity contribution >= 4 is 0 Å². The van der Waals surface area contributed by atoms with Gasteiger partial charge in [0.05, 0.1) is 19.3 Å². The molecule has 1 N–H and O–H groups in total. The summed E-state index contributed by atoms with van der Waals surface area (Å²) >= 11 is 0. The lowest BCUT2D eigenvalue weighted by molar-refractivity contribution is -0.0529. The molecule has 1 aliphatic heterocycles. The van der Waals surface area contributed by atoms with E-state index in [9.17, 15) is 0 Å². The van der Waals surface area contributed by atoms with Crippen LogP contribution < -0.4 is 10.1 Å². The maximum Gasteiger partial charge on any atom is 0.159 e. The van der Waals surface area contributed by atoms with Gasteiger partial charge in [0, 0.05) is 12.5 Å². The maximum atomic E-state index is 5.76. The molecule has 4 heteroatoms. The molecule has 0 saturated carbocycles. The number of ether oxygens (including phenoxy) is 3. The van der Waals surface area contributed by atoms with Crippen molar-refractivity contribution in [2.75, 3.05) is 19.8 Å². The molecule has 2 rings (SSSR count). The van der Waals surface area contributed by atoms with Gasteiger partial charge in [-0.3, -0.25) is 0 Å². The molecule has 4 nitrogen and oxygen atoms in total. The Kier molecular flexibility index (Phi) is 5.83. The molecule has 1 saturated heterocycles. The standard InChI is InChI=1S/C16H25NO3/c1-4-17-15(11-16-18-8-9-19-16)13-6-5-7-14(10-13)20-12(2)3/h5-7,10,12,15-17H,4,8-9,11H2,1-3H3. The van der Waals surface area contributed by atoms with Crippen molar-refractivity contribution in [1.82, 2.24) is 5.32 Å². The highest BCUT2D eigenvalue weighted by Gasteiger charge is 2.22. The topological polar surface area (TPSA) is 39.7 Å². The summed E-state index contributed by atoms with van der Waals surface area (Å²) in [6.45, 7) is 8.48. The van der Waals surface area contributed by atoms with Gasteiger partial charge >= 0.3 is 0 Å². The SMILES string of the molecule is CCNC(CC1OCCO1)c1cccc(OC(C)C)c1. The molecule has 0 amide bonds. The fourth-order valence-electron chi connectivity index (χ4n) is 2.40. The first-order chi connectivity index (χ1) is 9.69. The highest BCUT2D eigenvalue weighted by atomic mass is 16.7. The van der Waals surface area contributed by atoms with Gasteiger partial charge < -0.3 is 19.5 Å². The molecule has 112 valence electrons. The van der Waals surface area contributed by atoms with Crippen molar-refractivity contribution in [2.24, 2.45) is 0 Å². The van der Waals surface area contributed by atoms with E-state index < -0.39 is 0 Å². The zero-order chi connectivity index (χ0) is 14.4. The van der Waals surface area contributed by atoms with Crippen LogP contribution in [-0.2, 0) is 9.47 Å². The number of nitrogens with one attached hydrogen (secondary N) is 1. The molecule has 1 aromatic carbocycles. The fraction of sp³-hybridized carbons (Fsp3) is 0.625. The lowest BCUT2D eigenvalue weighted by Crippen LogP contribution is -2.26. The average Bonchev–Trinajstić information content (AvgIpc) is 2.91. The minimum atomic E-state index is -0.103. The smallest absolute Gasteiger partial charge is 0.159 e.